The van der Waals surface area contributed by atoms with E-state index in [-0.39, 0.29) is 16.4 Å². The predicted octanol–water partition coefficient (Wildman–Crippen LogP) is 5.37. The van der Waals surface area contributed by atoms with Crippen LogP contribution in [0, 0.1) is 0 Å². The number of rotatable bonds is 6. The molecule has 8 heteroatoms. The molecule has 2 aromatic heterocycles. The van der Waals surface area contributed by atoms with E-state index < -0.39 is 10.0 Å². The number of pyridine rings is 1. The van der Waals surface area contributed by atoms with Crippen molar-refractivity contribution in [3.8, 4) is 28.1 Å². The number of hydrogen-bond donors (Lipinski definition) is 1. The molecular weight excluding hydrogens is 438 g/mol. The monoisotopic (exact) mass is 457 g/mol. The number of anilines is 1. The summed E-state index contributed by atoms with van der Waals surface area (Å²) in [6, 6.07) is 27.4. The number of nitrogens with zero attached hydrogens (tertiary/aromatic N) is 2. The molecule has 2 heterocycles. The molecule has 0 aliphatic heterocycles. The van der Waals surface area contributed by atoms with Crippen LogP contribution in [0.4, 0.5) is 5.82 Å². The quantitative estimate of drug-likeness (QED) is 0.369. The molecule has 33 heavy (non-hydrogen) atoms. The van der Waals surface area contributed by atoms with E-state index in [0.29, 0.717) is 22.4 Å². The average Bonchev–Trinajstić information content (AvgIpc) is 3.26. The van der Waals surface area contributed by atoms with Gasteiger partial charge in [-0.25, -0.2) is 13.4 Å². The third kappa shape index (κ3) is 3.92. The van der Waals surface area contributed by atoms with Crippen LogP contribution in [0.1, 0.15) is 0 Å². The highest BCUT2D eigenvalue weighted by atomic mass is 32.2. The van der Waals surface area contributed by atoms with Gasteiger partial charge < -0.3 is 9.26 Å². The molecule has 0 atom stereocenters. The van der Waals surface area contributed by atoms with Crippen molar-refractivity contribution in [2.45, 2.75) is 4.90 Å². The van der Waals surface area contributed by atoms with Crippen LogP contribution in [0.3, 0.4) is 0 Å². The van der Waals surface area contributed by atoms with Gasteiger partial charge in [0.05, 0.1) is 17.7 Å². The first kappa shape index (κ1) is 20.7. The number of fused-ring (bicyclic) bond motifs is 1. The maximum absolute atomic E-state index is 13.4. The number of hydrogen-bond acceptors (Lipinski definition) is 6. The summed E-state index contributed by atoms with van der Waals surface area (Å²) in [5.74, 6) is 0.408. The van der Waals surface area contributed by atoms with Gasteiger partial charge in [0.25, 0.3) is 15.7 Å². The van der Waals surface area contributed by atoms with Crippen molar-refractivity contribution in [1.82, 2.24) is 10.1 Å². The van der Waals surface area contributed by atoms with E-state index in [9.17, 15) is 8.42 Å². The zero-order chi connectivity index (χ0) is 22.8. The Morgan fingerprint density at radius 2 is 1.48 bits per heavy atom. The largest absolute Gasteiger partial charge is 0.496 e. The topological polar surface area (TPSA) is 94.3 Å². The van der Waals surface area contributed by atoms with Crippen LogP contribution in [0.5, 0.6) is 5.75 Å². The molecule has 0 amide bonds. The molecule has 5 rings (SSSR count). The molecular formula is C25H19N3O4S. The second-order valence-electron chi connectivity index (χ2n) is 7.25. The lowest BCUT2D eigenvalue weighted by molar-refractivity contribution is 0.418. The van der Waals surface area contributed by atoms with Crippen LogP contribution in [-0.4, -0.2) is 25.7 Å². The highest BCUT2D eigenvalue weighted by Gasteiger charge is 2.25. The lowest BCUT2D eigenvalue weighted by atomic mass is 10.1. The lowest BCUT2D eigenvalue weighted by Crippen LogP contribution is -2.14. The van der Waals surface area contributed by atoms with Crippen LogP contribution in [0.2, 0.25) is 0 Å². The molecule has 0 aliphatic rings. The van der Waals surface area contributed by atoms with Gasteiger partial charge >= 0.3 is 0 Å². The number of nitrogens with one attached hydrogen (secondary N) is 1. The fourth-order valence-corrected chi connectivity index (χ4v) is 4.88. The minimum Gasteiger partial charge on any atom is -0.496 e. The van der Waals surface area contributed by atoms with E-state index in [2.05, 4.69) is 14.9 Å². The highest BCUT2D eigenvalue weighted by molar-refractivity contribution is 7.92. The lowest BCUT2D eigenvalue weighted by Gasteiger charge is -2.12. The molecule has 0 bridgehead atoms. The molecule has 164 valence electrons. The number of sulfonamides is 1. The maximum atomic E-state index is 13.4. The van der Waals surface area contributed by atoms with Crippen LogP contribution < -0.4 is 9.46 Å². The second-order valence-corrected chi connectivity index (χ2v) is 8.91. The minimum absolute atomic E-state index is 0.0110. The van der Waals surface area contributed by atoms with Crippen LogP contribution in [-0.2, 0) is 10.0 Å². The van der Waals surface area contributed by atoms with Gasteiger partial charge in [-0.15, -0.1) is 0 Å². The van der Waals surface area contributed by atoms with Gasteiger partial charge in [0.15, 0.2) is 5.82 Å². The van der Waals surface area contributed by atoms with Crippen molar-refractivity contribution in [2.24, 2.45) is 0 Å². The standard InChI is InChI=1S/C25H19N3O4S/c1-31-21-16-20(18-12-6-3-7-13-18)26-25-23(21)24(27-32-25)28-33(29,30)22-15-9-8-14-19(22)17-10-4-2-5-11-17/h2-16H,1H3,(H,27,28). The third-order valence-electron chi connectivity index (χ3n) is 5.19. The Morgan fingerprint density at radius 1 is 0.848 bits per heavy atom. The average molecular weight is 458 g/mol. The normalized spacial score (nSPS) is 11.4. The molecule has 1 N–H and O–H groups in total. The second kappa shape index (κ2) is 8.40. The summed E-state index contributed by atoms with van der Waals surface area (Å²) in [6.07, 6.45) is 0. The minimum atomic E-state index is -4.00. The van der Waals surface area contributed by atoms with Crippen LogP contribution in [0.25, 0.3) is 33.5 Å². The van der Waals surface area contributed by atoms with E-state index >= 15 is 0 Å². The molecule has 0 unspecified atom stereocenters. The fraction of sp³-hybridized carbons (Fsp3) is 0.0400. The van der Waals surface area contributed by atoms with Crippen molar-refractivity contribution in [1.29, 1.82) is 0 Å². The highest BCUT2D eigenvalue weighted by Crippen LogP contribution is 2.36. The molecule has 3 aromatic carbocycles. The molecule has 0 aliphatic carbocycles. The predicted molar refractivity (Wildman–Crippen MR) is 126 cm³/mol. The number of methoxy groups -OCH3 is 1. The number of aromatic nitrogens is 2. The van der Waals surface area contributed by atoms with E-state index in [4.69, 9.17) is 9.26 Å². The molecule has 0 saturated carbocycles. The third-order valence-corrected chi connectivity index (χ3v) is 6.59. The summed E-state index contributed by atoms with van der Waals surface area (Å²) in [5, 5.41) is 4.29. The van der Waals surface area contributed by atoms with E-state index in [0.717, 1.165) is 11.1 Å². The first-order valence-electron chi connectivity index (χ1n) is 10.1. The first-order valence-corrected chi connectivity index (χ1v) is 11.6. The van der Waals surface area contributed by atoms with Gasteiger partial charge in [-0.2, -0.15) is 0 Å². The van der Waals surface area contributed by atoms with E-state index in [1.807, 2.05) is 60.7 Å². The van der Waals surface area contributed by atoms with Crippen molar-refractivity contribution in [2.75, 3.05) is 11.8 Å². The van der Waals surface area contributed by atoms with Gasteiger partial charge in [0.2, 0.25) is 0 Å². The summed E-state index contributed by atoms with van der Waals surface area (Å²) in [6.45, 7) is 0. The van der Waals surface area contributed by atoms with E-state index in [1.54, 1.807) is 30.3 Å². The smallest absolute Gasteiger partial charge is 0.264 e. The van der Waals surface area contributed by atoms with Crippen molar-refractivity contribution >= 4 is 26.9 Å². The van der Waals surface area contributed by atoms with Gasteiger partial charge in [-0.05, 0) is 11.6 Å². The molecule has 5 aromatic rings. The Labute approximate surface area is 190 Å². The van der Waals surface area contributed by atoms with Crippen LogP contribution in [0.15, 0.2) is 100 Å². The Bertz CT molecular complexity index is 1530. The summed E-state index contributed by atoms with van der Waals surface area (Å²) in [5.41, 5.74) is 3.03. The Morgan fingerprint density at radius 3 is 2.18 bits per heavy atom. The maximum Gasteiger partial charge on any atom is 0.264 e. The molecule has 0 spiro atoms. The van der Waals surface area contributed by atoms with Gasteiger partial charge in [0, 0.05) is 17.2 Å². The van der Waals surface area contributed by atoms with Gasteiger partial charge in [0.1, 0.15) is 11.1 Å². The Balaban J connectivity index is 1.58. The molecule has 0 saturated heterocycles. The summed E-state index contributed by atoms with van der Waals surface area (Å²) in [7, 11) is -2.50. The number of benzene rings is 3. The summed E-state index contributed by atoms with van der Waals surface area (Å²) in [4.78, 5) is 4.62. The summed E-state index contributed by atoms with van der Waals surface area (Å²) >= 11 is 0. The van der Waals surface area contributed by atoms with Gasteiger partial charge in [-0.1, -0.05) is 84.0 Å². The Kier molecular flexibility index (Phi) is 5.27. The van der Waals surface area contributed by atoms with Crippen molar-refractivity contribution in [3.63, 3.8) is 0 Å². The molecule has 0 fully saturated rings. The molecule has 7 nitrogen and oxygen atoms in total. The number of ether oxygens (including phenoxy) is 1. The van der Waals surface area contributed by atoms with Crippen molar-refractivity contribution in [3.05, 3.63) is 91.0 Å². The van der Waals surface area contributed by atoms with E-state index in [1.165, 1.54) is 7.11 Å². The zero-order valence-electron chi connectivity index (χ0n) is 17.6. The van der Waals surface area contributed by atoms with Crippen LogP contribution >= 0.6 is 0 Å². The van der Waals surface area contributed by atoms with Crippen molar-refractivity contribution < 1.29 is 17.7 Å². The fourth-order valence-electron chi connectivity index (χ4n) is 3.64. The first-order chi connectivity index (χ1) is 16.1. The van der Waals surface area contributed by atoms with Gasteiger partial charge in [-0.3, -0.25) is 4.72 Å². The Hall–Kier alpha value is -4.17. The summed E-state index contributed by atoms with van der Waals surface area (Å²) < 4.78 is 40.2. The molecule has 0 radical (unpaired) electrons. The SMILES string of the molecule is COc1cc(-c2ccccc2)nc2onc(NS(=O)(=O)c3ccccc3-c3ccccc3)c12. The zero-order valence-corrected chi connectivity index (χ0v) is 18.4.